The molecule has 0 saturated heterocycles. The molecule has 182 valence electrons. The van der Waals surface area contributed by atoms with E-state index in [0.29, 0.717) is 22.3 Å². The van der Waals surface area contributed by atoms with Crippen molar-refractivity contribution < 1.29 is 29.0 Å². The summed E-state index contributed by atoms with van der Waals surface area (Å²) >= 11 is 0. The Balaban J connectivity index is 1.42. The molecule has 0 aliphatic rings. The minimum absolute atomic E-state index is 0.0200. The van der Waals surface area contributed by atoms with Crippen molar-refractivity contribution in [2.24, 2.45) is 0 Å². The molecule has 0 radical (unpaired) electrons. The van der Waals surface area contributed by atoms with Crippen molar-refractivity contribution in [2.75, 3.05) is 6.61 Å². The first-order valence-corrected chi connectivity index (χ1v) is 11.3. The van der Waals surface area contributed by atoms with Gasteiger partial charge in [-0.15, -0.1) is 0 Å². The van der Waals surface area contributed by atoms with Gasteiger partial charge in [-0.2, -0.15) is 0 Å². The number of unbranched alkanes of at least 4 members (excludes halogenated alkanes) is 1. The zero-order chi connectivity index (χ0) is 24.9. The molecule has 1 atom stereocenters. The number of fused-ring (bicyclic) bond motifs is 2. The van der Waals surface area contributed by atoms with Gasteiger partial charge >= 0.3 is 11.6 Å². The number of carbonyl (C=O) groups is 2. The van der Waals surface area contributed by atoms with Crippen LogP contribution in [0.25, 0.3) is 21.9 Å². The number of carboxylic acids is 1. The Bertz CT molecular complexity index is 1440. The second-order valence-corrected chi connectivity index (χ2v) is 8.35. The van der Waals surface area contributed by atoms with Gasteiger partial charge in [-0.25, -0.2) is 9.59 Å². The van der Waals surface area contributed by atoms with Gasteiger partial charge in [0, 0.05) is 41.0 Å². The first-order chi connectivity index (χ1) is 16.8. The average molecular weight is 479 g/mol. The van der Waals surface area contributed by atoms with Crippen LogP contribution >= 0.6 is 0 Å². The standard InChI is InChI=1S/C26H26N2O7/c1-2-3-4-15-10-25(31)35-23-12-18(6-7-19(15)23)34-14-24(30)28-22(26(32)33)9-16-13-27-21-8-5-17(29)11-20(16)21/h5-8,10-13,22,27,29H,2-4,9,14H2,1H3,(H,28,30)(H,32,33)/t22-/m1/s1. The van der Waals surface area contributed by atoms with E-state index >= 15 is 0 Å². The Kier molecular flexibility index (Phi) is 7.05. The van der Waals surface area contributed by atoms with Gasteiger partial charge in [0.1, 0.15) is 23.1 Å². The third kappa shape index (κ3) is 5.63. The van der Waals surface area contributed by atoms with Crippen molar-refractivity contribution in [3.8, 4) is 11.5 Å². The van der Waals surface area contributed by atoms with Crippen LogP contribution in [0.1, 0.15) is 30.9 Å². The number of aliphatic carboxylic acids is 1. The van der Waals surface area contributed by atoms with Gasteiger partial charge in [0.05, 0.1) is 0 Å². The number of carboxylic acid groups (broad SMARTS) is 1. The van der Waals surface area contributed by atoms with Gasteiger partial charge in [-0.3, -0.25) is 4.79 Å². The first-order valence-electron chi connectivity index (χ1n) is 11.3. The van der Waals surface area contributed by atoms with Crippen LogP contribution in [-0.2, 0) is 22.4 Å². The maximum absolute atomic E-state index is 12.4. The van der Waals surface area contributed by atoms with Crippen molar-refractivity contribution in [3.63, 3.8) is 0 Å². The van der Waals surface area contributed by atoms with Crippen LogP contribution in [0.4, 0.5) is 0 Å². The number of aromatic amines is 1. The molecule has 0 fully saturated rings. The molecule has 0 saturated carbocycles. The fraction of sp³-hybridized carbons (Fsp3) is 0.269. The summed E-state index contributed by atoms with van der Waals surface area (Å²) in [5.41, 5.74) is 2.21. The number of hydrogen-bond donors (Lipinski definition) is 4. The summed E-state index contributed by atoms with van der Waals surface area (Å²) < 4.78 is 10.8. The molecule has 9 heteroatoms. The molecule has 4 aromatic rings. The highest BCUT2D eigenvalue weighted by atomic mass is 16.5. The summed E-state index contributed by atoms with van der Waals surface area (Å²) in [7, 11) is 0. The smallest absolute Gasteiger partial charge is 0.336 e. The zero-order valence-corrected chi connectivity index (χ0v) is 19.2. The van der Waals surface area contributed by atoms with Gasteiger partial charge in [-0.05, 0) is 54.3 Å². The number of amides is 1. The molecule has 4 rings (SSSR count). The van der Waals surface area contributed by atoms with Crippen LogP contribution in [0.2, 0.25) is 0 Å². The summed E-state index contributed by atoms with van der Waals surface area (Å²) in [4.78, 5) is 39.2. The topological polar surface area (TPSA) is 142 Å². The van der Waals surface area contributed by atoms with E-state index in [9.17, 15) is 24.6 Å². The van der Waals surface area contributed by atoms with E-state index in [-0.39, 0.29) is 12.2 Å². The number of ether oxygens (including phenoxy) is 1. The van der Waals surface area contributed by atoms with E-state index in [4.69, 9.17) is 9.15 Å². The van der Waals surface area contributed by atoms with E-state index in [0.717, 1.165) is 35.7 Å². The molecule has 0 aliphatic carbocycles. The Labute approximate surface area is 200 Å². The van der Waals surface area contributed by atoms with Crippen LogP contribution in [-0.4, -0.2) is 39.7 Å². The second kappa shape index (κ2) is 10.3. The molecule has 0 unspecified atom stereocenters. The number of H-pyrrole nitrogens is 1. The van der Waals surface area contributed by atoms with Crippen LogP contribution in [0.5, 0.6) is 11.5 Å². The highest BCUT2D eigenvalue weighted by molar-refractivity contribution is 5.88. The zero-order valence-electron chi connectivity index (χ0n) is 19.2. The molecule has 0 bridgehead atoms. The minimum Gasteiger partial charge on any atom is -0.508 e. The normalized spacial score (nSPS) is 12.0. The summed E-state index contributed by atoms with van der Waals surface area (Å²) in [5.74, 6) is -1.42. The molecule has 35 heavy (non-hydrogen) atoms. The fourth-order valence-electron chi connectivity index (χ4n) is 4.01. The maximum Gasteiger partial charge on any atom is 0.336 e. The maximum atomic E-state index is 12.4. The Hall–Kier alpha value is -4.27. The van der Waals surface area contributed by atoms with Gasteiger partial charge in [-0.1, -0.05) is 13.3 Å². The summed E-state index contributed by atoms with van der Waals surface area (Å²) in [5, 5.41) is 23.3. The molecular formula is C26H26N2O7. The quantitative estimate of drug-likeness (QED) is 0.256. The Morgan fingerprint density at radius 3 is 2.71 bits per heavy atom. The summed E-state index contributed by atoms with van der Waals surface area (Å²) in [6, 6.07) is 10.1. The van der Waals surface area contributed by atoms with Crippen molar-refractivity contribution in [1.29, 1.82) is 0 Å². The highest BCUT2D eigenvalue weighted by Crippen LogP contribution is 2.25. The third-order valence-corrected chi connectivity index (χ3v) is 5.78. The number of benzene rings is 2. The largest absolute Gasteiger partial charge is 0.508 e. The number of aromatic hydroxyl groups is 1. The lowest BCUT2D eigenvalue weighted by Crippen LogP contribution is -2.44. The molecule has 0 spiro atoms. The van der Waals surface area contributed by atoms with E-state index in [1.807, 2.05) is 0 Å². The average Bonchev–Trinajstić information content (AvgIpc) is 3.22. The number of hydrogen-bond acceptors (Lipinski definition) is 6. The molecule has 4 N–H and O–H groups in total. The number of nitrogens with one attached hydrogen (secondary N) is 2. The van der Waals surface area contributed by atoms with Crippen LogP contribution in [0.15, 0.2) is 57.9 Å². The molecule has 2 aromatic carbocycles. The van der Waals surface area contributed by atoms with E-state index < -0.39 is 30.2 Å². The lowest BCUT2D eigenvalue weighted by molar-refractivity contribution is -0.142. The molecular weight excluding hydrogens is 452 g/mol. The number of phenolic OH excluding ortho intramolecular Hbond substituents is 1. The van der Waals surface area contributed by atoms with E-state index in [1.165, 1.54) is 18.2 Å². The number of rotatable bonds is 10. The van der Waals surface area contributed by atoms with Crippen LogP contribution in [0, 0.1) is 0 Å². The van der Waals surface area contributed by atoms with Crippen LogP contribution < -0.4 is 15.7 Å². The predicted octanol–water partition coefficient (Wildman–Crippen LogP) is 3.51. The third-order valence-electron chi connectivity index (χ3n) is 5.78. The molecule has 2 heterocycles. The minimum atomic E-state index is -1.19. The summed E-state index contributed by atoms with van der Waals surface area (Å²) in [6.07, 6.45) is 4.37. The van der Waals surface area contributed by atoms with E-state index in [1.54, 1.807) is 30.5 Å². The Morgan fingerprint density at radius 1 is 1.11 bits per heavy atom. The van der Waals surface area contributed by atoms with Gasteiger partial charge < -0.3 is 29.7 Å². The SMILES string of the molecule is CCCCc1cc(=O)oc2cc(OCC(=O)N[C@H](Cc3c[nH]c4ccc(O)cc34)C(=O)O)ccc12. The van der Waals surface area contributed by atoms with Crippen molar-refractivity contribution in [1.82, 2.24) is 10.3 Å². The number of carbonyl (C=O) groups excluding carboxylic acids is 1. The summed E-state index contributed by atoms with van der Waals surface area (Å²) in [6.45, 7) is 1.66. The van der Waals surface area contributed by atoms with E-state index in [2.05, 4.69) is 17.2 Å². The molecule has 1 amide bonds. The molecule has 2 aromatic heterocycles. The van der Waals surface area contributed by atoms with Crippen molar-refractivity contribution >= 4 is 33.7 Å². The van der Waals surface area contributed by atoms with Gasteiger partial charge in [0.2, 0.25) is 0 Å². The fourth-order valence-corrected chi connectivity index (χ4v) is 4.01. The van der Waals surface area contributed by atoms with Crippen molar-refractivity contribution in [2.45, 2.75) is 38.6 Å². The predicted molar refractivity (Wildman–Crippen MR) is 130 cm³/mol. The van der Waals surface area contributed by atoms with Gasteiger partial charge in [0.15, 0.2) is 6.61 Å². The van der Waals surface area contributed by atoms with Crippen molar-refractivity contribution in [3.05, 3.63) is 70.2 Å². The second-order valence-electron chi connectivity index (χ2n) is 8.35. The molecule has 9 nitrogen and oxygen atoms in total. The lowest BCUT2D eigenvalue weighted by atomic mass is 10.0. The first kappa shape index (κ1) is 23.9. The van der Waals surface area contributed by atoms with Gasteiger partial charge in [0.25, 0.3) is 5.91 Å². The number of aromatic nitrogens is 1. The van der Waals surface area contributed by atoms with Crippen LogP contribution in [0.3, 0.4) is 0 Å². The lowest BCUT2D eigenvalue weighted by Gasteiger charge is -2.15. The monoisotopic (exact) mass is 478 g/mol. The Morgan fingerprint density at radius 2 is 1.94 bits per heavy atom. The number of phenols is 1. The highest BCUT2D eigenvalue weighted by Gasteiger charge is 2.22. The number of aryl methyl sites for hydroxylation is 1. The molecule has 0 aliphatic heterocycles.